The summed E-state index contributed by atoms with van der Waals surface area (Å²) in [6, 6.07) is 8.95. The van der Waals surface area contributed by atoms with Crippen molar-refractivity contribution in [2.24, 2.45) is 0 Å². The molecule has 0 aliphatic carbocycles. The second-order valence-electron chi connectivity index (χ2n) is 5.09. The van der Waals surface area contributed by atoms with Crippen LogP contribution in [0.2, 0.25) is 0 Å². The van der Waals surface area contributed by atoms with E-state index >= 15 is 0 Å². The number of rotatable bonds is 4. The fourth-order valence-electron chi connectivity index (χ4n) is 2.37. The Labute approximate surface area is 125 Å². The number of hydrogen-bond acceptors (Lipinski definition) is 4. The van der Waals surface area contributed by atoms with E-state index in [0.717, 1.165) is 22.3 Å². The van der Waals surface area contributed by atoms with Crippen molar-refractivity contribution in [2.45, 2.75) is 19.1 Å². The van der Waals surface area contributed by atoms with Crippen molar-refractivity contribution in [1.82, 2.24) is 14.9 Å². The maximum atomic E-state index is 11.9. The molecular weight excluding hydrogens is 286 g/mol. The summed E-state index contributed by atoms with van der Waals surface area (Å²) in [6.07, 6.45) is 1.94. The Hall–Kier alpha value is -2.83. The van der Waals surface area contributed by atoms with Gasteiger partial charge in [0.05, 0.1) is 6.54 Å². The first kappa shape index (κ1) is 14.1. The van der Waals surface area contributed by atoms with Gasteiger partial charge in [-0.1, -0.05) is 18.2 Å². The maximum absolute atomic E-state index is 11.9. The van der Waals surface area contributed by atoms with Crippen LogP contribution in [0.1, 0.15) is 5.56 Å². The van der Waals surface area contributed by atoms with Gasteiger partial charge in [-0.25, -0.2) is 4.79 Å². The molecule has 0 radical (unpaired) electrons. The molecule has 0 fully saturated rings. The number of ether oxygens (including phenoxy) is 1. The largest absolute Gasteiger partial charge is 0.488 e. The van der Waals surface area contributed by atoms with Crippen LogP contribution in [0.4, 0.5) is 0 Å². The van der Waals surface area contributed by atoms with Gasteiger partial charge < -0.3 is 10.1 Å². The lowest BCUT2D eigenvalue weighted by atomic mass is 10.1. The second kappa shape index (κ2) is 5.88. The van der Waals surface area contributed by atoms with Crippen LogP contribution < -0.4 is 21.3 Å². The van der Waals surface area contributed by atoms with Crippen molar-refractivity contribution in [3.05, 3.63) is 62.9 Å². The highest BCUT2D eigenvalue weighted by molar-refractivity contribution is 5.75. The molecule has 0 saturated carbocycles. The summed E-state index contributed by atoms with van der Waals surface area (Å²) in [5, 5.41) is 2.73. The van der Waals surface area contributed by atoms with Gasteiger partial charge in [-0.15, -0.1) is 0 Å². The van der Waals surface area contributed by atoms with Crippen molar-refractivity contribution in [2.75, 3.05) is 6.54 Å². The zero-order chi connectivity index (χ0) is 15.5. The number of nitrogens with one attached hydrogen (secondary N) is 2. The van der Waals surface area contributed by atoms with Gasteiger partial charge in [0.2, 0.25) is 5.91 Å². The fourth-order valence-corrected chi connectivity index (χ4v) is 2.37. The van der Waals surface area contributed by atoms with E-state index in [4.69, 9.17) is 4.74 Å². The van der Waals surface area contributed by atoms with E-state index in [9.17, 15) is 14.4 Å². The first-order valence-electron chi connectivity index (χ1n) is 6.93. The quantitative estimate of drug-likeness (QED) is 0.807. The number of para-hydroxylation sites is 1. The average Bonchev–Trinajstić information content (AvgIpc) is 2.91. The molecule has 1 aromatic carbocycles. The molecule has 1 aromatic heterocycles. The maximum Gasteiger partial charge on any atom is 0.328 e. The summed E-state index contributed by atoms with van der Waals surface area (Å²) >= 11 is 0. The van der Waals surface area contributed by atoms with Crippen LogP contribution in [0.25, 0.3) is 0 Å². The van der Waals surface area contributed by atoms with Crippen molar-refractivity contribution in [1.29, 1.82) is 0 Å². The molecule has 1 amide bonds. The van der Waals surface area contributed by atoms with Crippen LogP contribution >= 0.6 is 0 Å². The zero-order valence-electron chi connectivity index (χ0n) is 11.7. The number of carbonyl (C=O) groups is 1. The van der Waals surface area contributed by atoms with Crippen LogP contribution in [-0.2, 0) is 17.8 Å². The van der Waals surface area contributed by atoms with Gasteiger partial charge in [0.25, 0.3) is 5.56 Å². The molecule has 1 aliphatic heterocycles. The van der Waals surface area contributed by atoms with Crippen LogP contribution in [0, 0.1) is 0 Å². The van der Waals surface area contributed by atoms with E-state index in [1.54, 1.807) is 0 Å². The van der Waals surface area contributed by atoms with E-state index in [1.807, 2.05) is 24.3 Å². The second-order valence-corrected chi connectivity index (χ2v) is 5.09. The van der Waals surface area contributed by atoms with E-state index in [2.05, 4.69) is 10.3 Å². The van der Waals surface area contributed by atoms with Gasteiger partial charge in [-0.05, 0) is 11.6 Å². The molecule has 0 spiro atoms. The molecule has 1 aliphatic rings. The number of H-pyrrole nitrogens is 1. The molecule has 0 bridgehead atoms. The standard InChI is InChI=1S/C15H15N3O4/c19-13-5-6-18(15(21)17-13)9-14(20)16-8-11-7-10-3-1-2-4-12(10)22-11/h1-6,11H,7-9H2,(H,16,20)(H,17,19,21)/t11-/m1/s1. The number of amides is 1. The number of fused-ring (bicyclic) bond motifs is 1. The molecule has 7 nitrogen and oxygen atoms in total. The van der Waals surface area contributed by atoms with Gasteiger partial charge in [0.15, 0.2) is 0 Å². The third-order valence-electron chi connectivity index (χ3n) is 3.45. The number of benzene rings is 1. The topological polar surface area (TPSA) is 93.2 Å². The third-order valence-corrected chi connectivity index (χ3v) is 3.45. The monoisotopic (exact) mass is 301 g/mol. The van der Waals surface area contributed by atoms with E-state index in [-0.39, 0.29) is 18.6 Å². The predicted molar refractivity (Wildman–Crippen MR) is 78.9 cm³/mol. The molecule has 2 heterocycles. The zero-order valence-corrected chi connectivity index (χ0v) is 11.7. The molecule has 1 atom stereocenters. The number of carbonyl (C=O) groups excluding carboxylic acids is 1. The third kappa shape index (κ3) is 3.08. The Morgan fingerprint density at radius 2 is 2.14 bits per heavy atom. The SMILES string of the molecule is O=C(Cn1ccc(=O)[nH]c1=O)NC[C@H]1Cc2ccccc2O1. The van der Waals surface area contributed by atoms with Crippen LogP contribution in [0.5, 0.6) is 5.75 Å². The highest BCUT2D eigenvalue weighted by atomic mass is 16.5. The molecule has 3 rings (SSSR count). The Bertz CT molecular complexity index is 784. The Morgan fingerprint density at radius 1 is 1.32 bits per heavy atom. The lowest BCUT2D eigenvalue weighted by Gasteiger charge is -2.12. The Balaban J connectivity index is 1.53. The normalized spacial score (nSPS) is 15.9. The minimum Gasteiger partial charge on any atom is -0.488 e. The van der Waals surface area contributed by atoms with Gasteiger partial charge in [0, 0.05) is 18.7 Å². The van der Waals surface area contributed by atoms with Crippen molar-refractivity contribution in [3.8, 4) is 5.75 Å². The molecular formula is C15H15N3O4. The Kier molecular flexibility index (Phi) is 3.78. The van der Waals surface area contributed by atoms with Gasteiger partial charge >= 0.3 is 5.69 Å². The molecule has 7 heteroatoms. The summed E-state index contributed by atoms with van der Waals surface area (Å²) in [6.45, 7) is 0.223. The first-order chi connectivity index (χ1) is 10.6. The molecule has 0 unspecified atom stereocenters. The number of aromatic nitrogens is 2. The first-order valence-corrected chi connectivity index (χ1v) is 6.93. The van der Waals surface area contributed by atoms with Crippen LogP contribution in [0.15, 0.2) is 46.1 Å². The highest BCUT2D eigenvalue weighted by Gasteiger charge is 2.22. The summed E-state index contributed by atoms with van der Waals surface area (Å²) in [7, 11) is 0. The predicted octanol–water partition coefficient (Wildman–Crippen LogP) is -0.343. The number of aromatic amines is 1. The summed E-state index contributed by atoms with van der Waals surface area (Å²) in [5.74, 6) is 0.535. The van der Waals surface area contributed by atoms with Crippen molar-refractivity contribution >= 4 is 5.91 Å². The molecule has 2 aromatic rings. The van der Waals surface area contributed by atoms with E-state index < -0.39 is 11.2 Å². The van der Waals surface area contributed by atoms with Crippen LogP contribution in [0.3, 0.4) is 0 Å². The molecule has 114 valence electrons. The van der Waals surface area contributed by atoms with Crippen LogP contribution in [-0.4, -0.2) is 28.1 Å². The van der Waals surface area contributed by atoms with Crippen molar-refractivity contribution in [3.63, 3.8) is 0 Å². The van der Waals surface area contributed by atoms with E-state index in [0.29, 0.717) is 6.54 Å². The van der Waals surface area contributed by atoms with Crippen molar-refractivity contribution < 1.29 is 9.53 Å². The highest BCUT2D eigenvalue weighted by Crippen LogP contribution is 2.27. The summed E-state index contributed by atoms with van der Waals surface area (Å²) in [5.41, 5.74) is 0.0320. The van der Waals surface area contributed by atoms with Gasteiger partial charge in [-0.3, -0.25) is 19.1 Å². The summed E-state index contributed by atoms with van der Waals surface area (Å²) in [4.78, 5) is 36.4. The average molecular weight is 301 g/mol. The minimum absolute atomic E-state index is 0.103. The minimum atomic E-state index is -0.604. The number of hydrogen-bond donors (Lipinski definition) is 2. The lowest BCUT2D eigenvalue weighted by molar-refractivity contribution is -0.122. The molecule has 2 N–H and O–H groups in total. The van der Waals surface area contributed by atoms with E-state index in [1.165, 1.54) is 12.3 Å². The summed E-state index contributed by atoms with van der Waals surface area (Å²) < 4.78 is 6.86. The molecule has 0 saturated heterocycles. The van der Waals surface area contributed by atoms with Gasteiger partial charge in [0.1, 0.15) is 18.4 Å². The number of nitrogens with zero attached hydrogens (tertiary/aromatic N) is 1. The molecule has 22 heavy (non-hydrogen) atoms. The fraction of sp³-hybridized carbons (Fsp3) is 0.267. The lowest BCUT2D eigenvalue weighted by Crippen LogP contribution is -2.39. The Morgan fingerprint density at radius 3 is 2.91 bits per heavy atom. The van der Waals surface area contributed by atoms with Gasteiger partial charge in [-0.2, -0.15) is 0 Å². The smallest absolute Gasteiger partial charge is 0.328 e.